The van der Waals surface area contributed by atoms with E-state index >= 15 is 0 Å². The lowest BCUT2D eigenvalue weighted by Gasteiger charge is -2.47. The second kappa shape index (κ2) is 6.21. The molecule has 0 bridgehead atoms. The van der Waals surface area contributed by atoms with E-state index in [0.29, 0.717) is 12.5 Å². The molecule has 4 heterocycles. The molecule has 26 heavy (non-hydrogen) atoms. The monoisotopic (exact) mass is 357 g/mol. The molecule has 1 aromatic heterocycles. The van der Waals surface area contributed by atoms with E-state index in [-0.39, 0.29) is 35.1 Å². The molecule has 4 rings (SSSR count). The predicted molar refractivity (Wildman–Crippen MR) is 97.4 cm³/mol. The Morgan fingerprint density at radius 2 is 1.85 bits per heavy atom. The lowest BCUT2D eigenvalue weighted by atomic mass is 9.75. The average molecular weight is 357 g/mol. The van der Waals surface area contributed by atoms with E-state index in [9.17, 15) is 9.59 Å². The molecule has 7 nitrogen and oxygen atoms in total. The highest BCUT2D eigenvalue weighted by atomic mass is 16.2. The summed E-state index contributed by atoms with van der Waals surface area (Å²) in [5, 5.41) is 0. The van der Waals surface area contributed by atoms with E-state index in [1.54, 1.807) is 12.4 Å². The molecule has 2 amide bonds. The van der Waals surface area contributed by atoms with Crippen molar-refractivity contribution in [1.82, 2.24) is 19.8 Å². The maximum atomic E-state index is 12.9. The maximum Gasteiger partial charge on any atom is 0.228 e. The van der Waals surface area contributed by atoms with Crippen LogP contribution in [0.3, 0.4) is 0 Å². The third-order valence-corrected chi connectivity index (χ3v) is 6.60. The summed E-state index contributed by atoms with van der Waals surface area (Å²) < 4.78 is 0. The normalized spacial score (nSPS) is 27.5. The predicted octanol–water partition coefficient (Wildman–Crippen LogP) is 1.02. The Bertz CT molecular complexity index is 699. The van der Waals surface area contributed by atoms with Gasteiger partial charge in [-0.3, -0.25) is 9.59 Å². The summed E-state index contributed by atoms with van der Waals surface area (Å²) in [6.45, 7) is 6.86. The summed E-state index contributed by atoms with van der Waals surface area (Å²) in [4.78, 5) is 40.1. The smallest absolute Gasteiger partial charge is 0.228 e. The number of fused-ring (bicyclic) bond motifs is 2. The third kappa shape index (κ3) is 2.47. The van der Waals surface area contributed by atoms with Crippen LogP contribution in [-0.4, -0.2) is 70.3 Å². The van der Waals surface area contributed by atoms with Crippen LogP contribution in [0.15, 0.2) is 18.5 Å². The number of carbonyl (C=O) groups excluding carboxylic acids is 2. The molecule has 1 aromatic rings. The van der Waals surface area contributed by atoms with Gasteiger partial charge in [0.25, 0.3) is 0 Å². The highest BCUT2D eigenvalue weighted by Crippen LogP contribution is 2.49. The van der Waals surface area contributed by atoms with E-state index in [1.807, 2.05) is 36.8 Å². The van der Waals surface area contributed by atoms with Gasteiger partial charge in [-0.1, -0.05) is 13.8 Å². The molecule has 7 heteroatoms. The fourth-order valence-electron chi connectivity index (χ4n) is 5.12. The standard InChI is InChI=1S/C19H27N5O2/c1-13(2)16(25)23-9-5-19(6-10-23)15-12-24(18-20-7-4-8-21-18)11-14(15)17(26)22(19)3/h4,7-8,13-15H,5-6,9-12H2,1-3H3/t14-,15+/m1/s1. The molecular formula is C19H27N5O2. The number of hydrogen-bond donors (Lipinski definition) is 0. The molecule has 0 aliphatic carbocycles. The van der Waals surface area contributed by atoms with Crippen molar-refractivity contribution in [1.29, 1.82) is 0 Å². The minimum Gasteiger partial charge on any atom is -0.342 e. The van der Waals surface area contributed by atoms with Gasteiger partial charge in [0.15, 0.2) is 0 Å². The second-order valence-corrected chi connectivity index (χ2v) is 8.15. The van der Waals surface area contributed by atoms with Crippen molar-refractivity contribution < 1.29 is 9.59 Å². The van der Waals surface area contributed by atoms with Gasteiger partial charge < -0.3 is 14.7 Å². The van der Waals surface area contributed by atoms with Gasteiger partial charge in [0, 0.05) is 57.5 Å². The fourth-order valence-corrected chi connectivity index (χ4v) is 5.12. The van der Waals surface area contributed by atoms with E-state index < -0.39 is 0 Å². The second-order valence-electron chi connectivity index (χ2n) is 8.15. The molecule has 1 spiro atoms. The number of hydrogen-bond acceptors (Lipinski definition) is 5. The Labute approximate surface area is 154 Å². The van der Waals surface area contributed by atoms with Crippen LogP contribution in [0.5, 0.6) is 0 Å². The van der Waals surface area contributed by atoms with E-state index in [4.69, 9.17) is 0 Å². The van der Waals surface area contributed by atoms with Gasteiger partial charge in [-0.05, 0) is 18.9 Å². The van der Waals surface area contributed by atoms with Gasteiger partial charge >= 0.3 is 0 Å². The van der Waals surface area contributed by atoms with Gasteiger partial charge in [-0.2, -0.15) is 0 Å². The van der Waals surface area contributed by atoms with Crippen LogP contribution in [0.25, 0.3) is 0 Å². The van der Waals surface area contributed by atoms with E-state index in [0.717, 1.165) is 32.5 Å². The molecule has 140 valence electrons. The lowest BCUT2D eigenvalue weighted by Crippen LogP contribution is -2.57. The molecular weight excluding hydrogens is 330 g/mol. The maximum absolute atomic E-state index is 12.9. The van der Waals surface area contributed by atoms with Crippen molar-refractivity contribution in [3.63, 3.8) is 0 Å². The Balaban J connectivity index is 1.54. The zero-order valence-corrected chi connectivity index (χ0v) is 15.8. The Kier molecular flexibility index (Phi) is 4.12. The number of carbonyl (C=O) groups is 2. The average Bonchev–Trinajstić information content (AvgIpc) is 3.19. The molecule has 3 aliphatic rings. The zero-order chi connectivity index (χ0) is 18.5. The van der Waals surface area contributed by atoms with Crippen LogP contribution in [0.4, 0.5) is 5.95 Å². The Hall–Kier alpha value is -2.18. The van der Waals surface area contributed by atoms with Crippen molar-refractivity contribution >= 4 is 17.8 Å². The molecule has 3 fully saturated rings. The van der Waals surface area contributed by atoms with Gasteiger partial charge in [-0.25, -0.2) is 9.97 Å². The van der Waals surface area contributed by atoms with Crippen LogP contribution in [0, 0.1) is 17.8 Å². The largest absolute Gasteiger partial charge is 0.342 e. The third-order valence-electron chi connectivity index (χ3n) is 6.60. The molecule has 2 atom stereocenters. The van der Waals surface area contributed by atoms with Gasteiger partial charge in [0.1, 0.15) is 0 Å². The summed E-state index contributed by atoms with van der Waals surface area (Å²) in [5.41, 5.74) is -0.140. The van der Waals surface area contributed by atoms with Crippen LogP contribution >= 0.6 is 0 Å². The fraction of sp³-hybridized carbons (Fsp3) is 0.684. The summed E-state index contributed by atoms with van der Waals surface area (Å²) in [7, 11) is 1.95. The van der Waals surface area contributed by atoms with Crippen LogP contribution in [0.1, 0.15) is 26.7 Å². The van der Waals surface area contributed by atoms with Crippen molar-refractivity contribution in [2.45, 2.75) is 32.2 Å². The van der Waals surface area contributed by atoms with E-state index in [1.165, 1.54) is 0 Å². The number of piperidine rings is 1. The van der Waals surface area contributed by atoms with E-state index in [2.05, 4.69) is 14.9 Å². The number of aromatic nitrogens is 2. The van der Waals surface area contributed by atoms with Crippen molar-refractivity contribution in [3.8, 4) is 0 Å². The topological polar surface area (TPSA) is 69.6 Å². The quantitative estimate of drug-likeness (QED) is 0.790. The Morgan fingerprint density at radius 1 is 1.19 bits per heavy atom. The number of amides is 2. The van der Waals surface area contributed by atoms with Crippen molar-refractivity contribution in [2.24, 2.45) is 17.8 Å². The zero-order valence-electron chi connectivity index (χ0n) is 15.8. The van der Waals surface area contributed by atoms with Crippen molar-refractivity contribution in [2.75, 3.05) is 38.1 Å². The summed E-state index contributed by atoms with van der Waals surface area (Å²) in [5.74, 6) is 1.47. The minimum atomic E-state index is -0.140. The molecule has 0 unspecified atom stereocenters. The minimum absolute atomic E-state index is 0.0103. The first-order valence-electron chi connectivity index (χ1n) is 9.52. The number of likely N-dealkylation sites (tertiary alicyclic amines) is 2. The van der Waals surface area contributed by atoms with Gasteiger partial charge in [0.2, 0.25) is 17.8 Å². The molecule has 3 aliphatic heterocycles. The lowest BCUT2D eigenvalue weighted by molar-refractivity contribution is -0.138. The molecule has 3 saturated heterocycles. The molecule has 0 N–H and O–H groups in total. The SMILES string of the molecule is CC(C)C(=O)N1CCC2(CC1)[C@H]1CN(c3ncccn3)C[C@H]1C(=O)N2C. The highest BCUT2D eigenvalue weighted by molar-refractivity contribution is 5.84. The first kappa shape index (κ1) is 17.2. The summed E-state index contributed by atoms with van der Waals surface area (Å²) >= 11 is 0. The summed E-state index contributed by atoms with van der Waals surface area (Å²) in [6.07, 6.45) is 5.21. The van der Waals surface area contributed by atoms with Crippen LogP contribution in [0.2, 0.25) is 0 Å². The number of anilines is 1. The highest BCUT2D eigenvalue weighted by Gasteiger charge is 2.60. The van der Waals surface area contributed by atoms with Crippen molar-refractivity contribution in [3.05, 3.63) is 18.5 Å². The Morgan fingerprint density at radius 3 is 2.46 bits per heavy atom. The van der Waals surface area contributed by atoms with Gasteiger partial charge in [0.05, 0.1) is 11.5 Å². The molecule has 0 aromatic carbocycles. The van der Waals surface area contributed by atoms with Crippen LogP contribution < -0.4 is 4.90 Å². The molecule has 0 radical (unpaired) electrons. The molecule has 0 saturated carbocycles. The van der Waals surface area contributed by atoms with Crippen LogP contribution in [-0.2, 0) is 9.59 Å². The number of rotatable bonds is 2. The first-order valence-corrected chi connectivity index (χ1v) is 9.52. The first-order chi connectivity index (χ1) is 12.4. The van der Waals surface area contributed by atoms with Gasteiger partial charge in [-0.15, -0.1) is 0 Å². The number of nitrogens with zero attached hydrogens (tertiary/aromatic N) is 5. The summed E-state index contributed by atoms with van der Waals surface area (Å²) in [6, 6.07) is 1.81.